The van der Waals surface area contributed by atoms with Crippen molar-refractivity contribution in [1.82, 2.24) is 9.55 Å². The fourth-order valence-corrected chi connectivity index (χ4v) is 4.58. The molecule has 216 valence electrons. The quantitative estimate of drug-likeness (QED) is 0.242. The maximum absolute atomic E-state index is 14.1. The number of nitrogens with zero attached hydrogens (tertiary/aromatic N) is 2. The summed E-state index contributed by atoms with van der Waals surface area (Å²) in [6, 6.07) is 4.88. The first-order chi connectivity index (χ1) is 18.4. The second-order valence-corrected chi connectivity index (χ2v) is 9.49. The summed E-state index contributed by atoms with van der Waals surface area (Å²) in [6.45, 7) is 1.29. The molecular weight excluding hydrogens is 593 g/mol. The number of esters is 1. The highest BCUT2D eigenvalue weighted by Gasteiger charge is 2.48. The molecule has 3 rings (SSSR count). The number of aliphatic hydroxyl groups is 1. The Balaban J connectivity index is 1.92. The van der Waals surface area contributed by atoms with Gasteiger partial charge in [0.1, 0.15) is 16.7 Å². The number of carbonyl (C=O) groups is 1. The van der Waals surface area contributed by atoms with Crippen molar-refractivity contribution in [2.45, 2.75) is 37.2 Å². The largest absolute Gasteiger partial charge is 0.465 e. The molecule has 2 heterocycles. The average molecular weight is 613 g/mol. The molecule has 3 atom stereocenters. The number of methoxy groups -OCH3 is 1. The summed E-state index contributed by atoms with van der Waals surface area (Å²) < 4.78 is 93.0. The van der Waals surface area contributed by atoms with Crippen LogP contribution in [0.4, 0.5) is 26.3 Å². The lowest BCUT2D eigenvalue weighted by Crippen LogP contribution is -2.36. The number of aliphatic hydroxyl groups excluding tert-OH is 1. The van der Waals surface area contributed by atoms with Crippen molar-refractivity contribution >= 4 is 29.2 Å². The second kappa shape index (κ2) is 11.7. The molecule has 3 unspecified atom stereocenters. The molecule has 0 bridgehead atoms. The number of ether oxygens (including phenoxy) is 2. The minimum atomic E-state index is -4.94. The maximum atomic E-state index is 14.1. The molecule has 0 aliphatic heterocycles. The number of alkyl halides is 6. The second-order valence-electron chi connectivity index (χ2n) is 8.68. The molecule has 7 nitrogen and oxygen atoms in total. The van der Waals surface area contributed by atoms with E-state index in [1.807, 2.05) is 0 Å². The van der Waals surface area contributed by atoms with Crippen LogP contribution in [0.2, 0.25) is 10.0 Å². The van der Waals surface area contributed by atoms with E-state index in [0.717, 1.165) is 30.0 Å². The van der Waals surface area contributed by atoms with E-state index in [-0.39, 0.29) is 16.3 Å². The van der Waals surface area contributed by atoms with Gasteiger partial charge in [0.25, 0.3) is 5.56 Å². The molecule has 2 aromatic heterocycles. The van der Waals surface area contributed by atoms with Crippen LogP contribution in [-0.4, -0.2) is 40.0 Å². The van der Waals surface area contributed by atoms with Gasteiger partial charge in [0.2, 0.25) is 5.88 Å². The SMILES string of the molecule is COC(=O)c1cnc(Oc2ccc(C(C)C(O)C(c3cc(Cl)c(=O)n(C)c3)C(F)(F)F)c(Cl)c2)cc1C(F)(F)F. The lowest BCUT2D eigenvalue weighted by atomic mass is 9.83. The molecule has 0 aliphatic rings. The Morgan fingerprint density at radius 1 is 1.07 bits per heavy atom. The van der Waals surface area contributed by atoms with E-state index in [4.69, 9.17) is 27.9 Å². The average Bonchev–Trinajstić information content (AvgIpc) is 2.85. The van der Waals surface area contributed by atoms with Crippen LogP contribution < -0.4 is 10.3 Å². The highest BCUT2D eigenvalue weighted by molar-refractivity contribution is 6.31. The van der Waals surface area contributed by atoms with Crippen molar-refractivity contribution in [3.63, 3.8) is 0 Å². The predicted octanol–water partition coefficient (Wildman–Crippen LogP) is 6.50. The first kappa shape index (κ1) is 31.2. The Bertz CT molecular complexity index is 1450. The number of benzene rings is 1. The zero-order valence-electron chi connectivity index (χ0n) is 20.8. The normalized spacial score (nSPS) is 14.4. The molecule has 0 saturated heterocycles. The molecule has 0 spiro atoms. The number of carbonyl (C=O) groups excluding carboxylic acids is 1. The standard InChI is InChI=1S/C25H20Cl2F6N2O5/c1-11(21(36)20(25(31,32)33)12-6-18(27)22(37)35(2)10-12)14-5-4-13(7-17(14)26)40-19-8-16(24(28,29)30)15(9-34-19)23(38)39-3/h4-11,20-21,36H,1-3H3. The van der Waals surface area contributed by atoms with E-state index in [2.05, 4.69) is 9.72 Å². The zero-order valence-corrected chi connectivity index (χ0v) is 22.3. The Morgan fingerprint density at radius 3 is 2.25 bits per heavy atom. The number of pyridine rings is 2. The fourth-order valence-electron chi connectivity index (χ4n) is 3.98. The van der Waals surface area contributed by atoms with Gasteiger partial charge in [0.15, 0.2) is 0 Å². The summed E-state index contributed by atoms with van der Waals surface area (Å²) in [7, 11) is 2.12. The molecule has 0 fully saturated rings. The van der Waals surface area contributed by atoms with E-state index >= 15 is 0 Å². The van der Waals surface area contributed by atoms with Gasteiger partial charge < -0.3 is 19.1 Å². The van der Waals surface area contributed by atoms with Crippen LogP contribution in [0.15, 0.2) is 47.5 Å². The van der Waals surface area contributed by atoms with Crippen LogP contribution in [0.3, 0.4) is 0 Å². The molecular formula is C25H20Cl2F6N2O5. The van der Waals surface area contributed by atoms with Gasteiger partial charge in [-0.25, -0.2) is 9.78 Å². The van der Waals surface area contributed by atoms with Crippen LogP contribution in [-0.2, 0) is 18.0 Å². The summed E-state index contributed by atoms with van der Waals surface area (Å²) in [6.07, 6.45) is -10.4. The monoisotopic (exact) mass is 612 g/mol. The molecule has 40 heavy (non-hydrogen) atoms. The van der Waals surface area contributed by atoms with Gasteiger partial charge in [0, 0.05) is 36.4 Å². The van der Waals surface area contributed by atoms with E-state index in [1.165, 1.54) is 26.1 Å². The van der Waals surface area contributed by atoms with Gasteiger partial charge in [-0.05, 0) is 29.3 Å². The number of hydrogen-bond donors (Lipinski definition) is 1. The van der Waals surface area contributed by atoms with Crippen molar-refractivity contribution < 1.29 is 45.7 Å². The molecule has 3 aromatic rings. The molecule has 15 heteroatoms. The highest BCUT2D eigenvalue weighted by atomic mass is 35.5. The van der Waals surface area contributed by atoms with E-state index in [0.29, 0.717) is 12.3 Å². The highest BCUT2D eigenvalue weighted by Crippen LogP contribution is 2.44. The molecule has 0 saturated carbocycles. The van der Waals surface area contributed by atoms with E-state index in [9.17, 15) is 41.0 Å². The Hall–Kier alpha value is -3.29. The summed E-state index contributed by atoms with van der Waals surface area (Å²) in [5, 5.41) is 10.2. The van der Waals surface area contributed by atoms with Gasteiger partial charge in [-0.15, -0.1) is 0 Å². The third-order valence-corrected chi connectivity index (χ3v) is 6.60. The van der Waals surface area contributed by atoms with Crippen molar-refractivity contribution in [2.75, 3.05) is 7.11 Å². The molecule has 1 aromatic carbocycles. The fraction of sp³-hybridized carbons (Fsp3) is 0.320. The van der Waals surface area contributed by atoms with Crippen LogP contribution in [0.1, 0.15) is 45.8 Å². The van der Waals surface area contributed by atoms with Gasteiger partial charge in [0.05, 0.1) is 24.3 Å². The number of aryl methyl sites for hydroxylation is 1. The maximum Gasteiger partial charge on any atom is 0.417 e. The Labute approximate surface area is 232 Å². The van der Waals surface area contributed by atoms with Gasteiger partial charge in [-0.1, -0.05) is 36.2 Å². The van der Waals surface area contributed by atoms with E-state index < -0.39 is 69.4 Å². The topological polar surface area (TPSA) is 90.7 Å². The summed E-state index contributed by atoms with van der Waals surface area (Å²) in [5.74, 6) is -5.61. The number of rotatable bonds is 7. The number of hydrogen-bond acceptors (Lipinski definition) is 6. The van der Waals surface area contributed by atoms with Crippen molar-refractivity contribution in [3.8, 4) is 11.6 Å². The number of aromatic nitrogens is 2. The number of halogens is 8. The minimum absolute atomic E-state index is 0.0664. The molecule has 1 N–H and O–H groups in total. The van der Waals surface area contributed by atoms with Crippen LogP contribution in [0, 0.1) is 0 Å². The molecule has 0 aliphatic carbocycles. The zero-order chi connectivity index (χ0) is 30.2. The molecule has 0 amide bonds. The minimum Gasteiger partial charge on any atom is -0.465 e. The van der Waals surface area contributed by atoms with Gasteiger partial charge in [-0.2, -0.15) is 26.3 Å². The van der Waals surface area contributed by atoms with Crippen LogP contribution in [0.5, 0.6) is 11.6 Å². The smallest absolute Gasteiger partial charge is 0.417 e. The lowest BCUT2D eigenvalue weighted by Gasteiger charge is -2.30. The van der Waals surface area contributed by atoms with E-state index in [1.54, 1.807) is 0 Å². The first-order valence-electron chi connectivity index (χ1n) is 11.2. The van der Waals surface area contributed by atoms with Crippen molar-refractivity contribution in [2.24, 2.45) is 7.05 Å². The Morgan fingerprint density at radius 2 is 1.73 bits per heavy atom. The first-order valence-corrected chi connectivity index (χ1v) is 11.9. The van der Waals surface area contributed by atoms with Crippen LogP contribution in [0.25, 0.3) is 0 Å². The summed E-state index contributed by atoms with van der Waals surface area (Å²) >= 11 is 12.0. The Kier molecular flexibility index (Phi) is 9.12. The van der Waals surface area contributed by atoms with Crippen molar-refractivity contribution in [1.29, 1.82) is 0 Å². The molecule has 0 radical (unpaired) electrons. The summed E-state index contributed by atoms with van der Waals surface area (Å²) in [5.41, 5.74) is -3.30. The third kappa shape index (κ3) is 6.70. The third-order valence-electron chi connectivity index (χ3n) is 6.00. The van der Waals surface area contributed by atoms with Crippen molar-refractivity contribution in [3.05, 3.63) is 85.4 Å². The summed E-state index contributed by atoms with van der Waals surface area (Å²) in [4.78, 5) is 27.2. The van der Waals surface area contributed by atoms with Gasteiger partial charge >= 0.3 is 18.3 Å². The lowest BCUT2D eigenvalue weighted by molar-refractivity contribution is -0.174. The van der Waals surface area contributed by atoms with Gasteiger partial charge in [-0.3, -0.25) is 4.79 Å². The van der Waals surface area contributed by atoms with Crippen LogP contribution >= 0.6 is 23.2 Å². The predicted molar refractivity (Wildman–Crippen MR) is 132 cm³/mol.